The number of benzene rings is 1. The van der Waals surface area contributed by atoms with Crippen LogP contribution < -0.4 is 5.73 Å². The molecule has 0 spiro atoms. The predicted octanol–water partition coefficient (Wildman–Crippen LogP) is 2.95. The molecule has 0 fully saturated rings. The molecule has 0 aliphatic carbocycles. The largest absolute Gasteiger partial charge is 0.508 e. The maximum absolute atomic E-state index is 10.4. The number of rotatable bonds is 3. The summed E-state index contributed by atoms with van der Waals surface area (Å²) in [5.74, 6) is -0.860. The van der Waals surface area contributed by atoms with Crippen LogP contribution in [0.15, 0.2) is 24.3 Å². The minimum absolute atomic E-state index is 0.0156. The fourth-order valence-corrected chi connectivity index (χ4v) is 1.89. The van der Waals surface area contributed by atoms with E-state index in [-0.39, 0.29) is 23.4 Å². The molecular weight excluding hydrogens is 282 g/mol. The van der Waals surface area contributed by atoms with Crippen molar-refractivity contribution in [3.05, 3.63) is 29.8 Å². The highest BCUT2D eigenvalue weighted by Gasteiger charge is 2.20. The quantitative estimate of drug-likeness (QED) is 0.798. The first kappa shape index (κ1) is 20.4. The fourth-order valence-electron chi connectivity index (χ4n) is 1.89. The third-order valence-electron chi connectivity index (χ3n) is 2.32. The van der Waals surface area contributed by atoms with Gasteiger partial charge in [-0.25, -0.2) is 0 Å². The van der Waals surface area contributed by atoms with Gasteiger partial charge in [0.15, 0.2) is 0 Å². The first-order valence-corrected chi connectivity index (χ1v) is 7.26. The van der Waals surface area contributed by atoms with Crippen molar-refractivity contribution in [3.8, 4) is 5.75 Å². The number of phenolic OH excluding ortho intramolecular Hbond substituents is 1. The summed E-state index contributed by atoms with van der Waals surface area (Å²) >= 11 is 0. The van der Waals surface area contributed by atoms with Crippen molar-refractivity contribution >= 4 is 5.97 Å². The first-order chi connectivity index (χ1) is 9.80. The summed E-state index contributed by atoms with van der Waals surface area (Å²) in [5, 5.41) is 17.5. The standard InChI is InChI=1S/C9H11NO3.C8H18O/c10-8(9(12)13)5-6-1-3-7(11)4-2-6;1-7(2,3)9-8(4,5)6/h1-4,8,11H,5,10H2,(H,12,13);1-6H3. The van der Waals surface area contributed by atoms with Crippen LogP contribution in [-0.4, -0.2) is 33.4 Å². The Morgan fingerprint density at radius 2 is 1.50 bits per heavy atom. The molecule has 0 amide bonds. The number of aliphatic carboxylic acids is 1. The molecule has 1 aromatic carbocycles. The van der Waals surface area contributed by atoms with Crippen molar-refractivity contribution in [2.24, 2.45) is 5.73 Å². The summed E-state index contributed by atoms with van der Waals surface area (Å²) in [7, 11) is 0. The van der Waals surface area contributed by atoms with Crippen molar-refractivity contribution in [1.82, 2.24) is 0 Å². The summed E-state index contributed by atoms with van der Waals surface area (Å²) in [4.78, 5) is 10.4. The van der Waals surface area contributed by atoms with E-state index in [1.54, 1.807) is 12.1 Å². The molecular formula is C17H29NO4. The lowest BCUT2D eigenvalue weighted by molar-refractivity contribution is -0.138. The van der Waals surface area contributed by atoms with Gasteiger partial charge in [0.05, 0.1) is 11.2 Å². The van der Waals surface area contributed by atoms with Crippen LogP contribution in [0.4, 0.5) is 0 Å². The Bertz CT molecular complexity index is 443. The van der Waals surface area contributed by atoms with Crippen molar-refractivity contribution < 1.29 is 19.7 Å². The van der Waals surface area contributed by atoms with Gasteiger partial charge in [0, 0.05) is 0 Å². The van der Waals surface area contributed by atoms with Crippen LogP contribution >= 0.6 is 0 Å². The maximum atomic E-state index is 10.4. The van der Waals surface area contributed by atoms with Crippen molar-refractivity contribution in [2.75, 3.05) is 0 Å². The molecule has 1 aromatic rings. The average Bonchev–Trinajstić information content (AvgIpc) is 2.28. The topological polar surface area (TPSA) is 92.8 Å². The van der Waals surface area contributed by atoms with Gasteiger partial charge in [-0.1, -0.05) is 12.1 Å². The van der Waals surface area contributed by atoms with Gasteiger partial charge in [-0.2, -0.15) is 0 Å². The molecule has 0 aromatic heterocycles. The molecule has 5 nitrogen and oxygen atoms in total. The third kappa shape index (κ3) is 11.1. The van der Waals surface area contributed by atoms with Crippen molar-refractivity contribution in [3.63, 3.8) is 0 Å². The van der Waals surface area contributed by atoms with Gasteiger partial charge in [0.2, 0.25) is 0 Å². The SMILES string of the molecule is CC(C)(C)OC(C)(C)C.NC(Cc1ccc(O)cc1)C(=O)O. The molecule has 0 aliphatic rings. The molecule has 0 saturated carbocycles. The highest BCUT2D eigenvalue weighted by Crippen LogP contribution is 2.18. The summed E-state index contributed by atoms with van der Waals surface area (Å²) in [5.41, 5.74) is 6.09. The molecule has 126 valence electrons. The van der Waals surface area contributed by atoms with Crippen molar-refractivity contribution in [2.45, 2.75) is 65.2 Å². The van der Waals surface area contributed by atoms with Crippen LogP contribution in [0.5, 0.6) is 5.75 Å². The van der Waals surface area contributed by atoms with E-state index in [1.165, 1.54) is 12.1 Å². The Balaban J connectivity index is 0.000000433. The second-order valence-electron chi connectivity index (χ2n) is 7.14. The fraction of sp³-hybridized carbons (Fsp3) is 0.588. The van der Waals surface area contributed by atoms with Gasteiger partial charge in [-0.05, 0) is 65.7 Å². The van der Waals surface area contributed by atoms with Crippen LogP contribution in [0, 0.1) is 0 Å². The van der Waals surface area contributed by atoms with E-state index < -0.39 is 12.0 Å². The second kappa shape index (κ2) is 8.15. The third-order valence-corrected chi connectivity index (χ3v) is 2.32. The Morgan fingerprint density at radius 3 is 1.77 bits per heavy atom. The number of ether oxygens (including phenoxy) is 1. The smallest absolute Gasteiger partial charge is 0.320 e. The van der Waals surface area contributed by atoms with Crippen molar-refractivity contribution in [1.29, 1.82) is 0 Å². The molecule has 1 atom stereocenters. The molecule has 0 aliphatic heterocycles. The lowest BCUT2D eigenvalue weighted by Crippen LogP contribution is -2.32. The second-order valence-corrected chi connectivity index (χ2v) is 7.14. The number of hydrogen-bond donors (Lipinski definition) is 3. The summed E-state index contributed by atoms with van der Waals surface area (Å²) in [6.07, 6.45) is 0.273. The molecule has 5 heteroatoms. The van der Waals surface area contributed by atoms with Crippen LogP contribution in [0.2, 0.25) is 0 Å². The molecule has 0 bridgehead atoms. The molecule has 1 unspecified atom stereocenters. The molecule has 4 N–H and O–H groups in total. The predicted molar refractivity (Wildman–Crippen MR) is 88.0 cm³/mol. The normalized spacial score (nSPS) is 13.0. The zero-order valence-electron chi connectivity index (χ0n) is 14.4. The number of hydrogen-bond acceptors (Lipinski definition) is 4. The number of phenols is 1. The Morgan fingerprint density at radius 1 is 1.09 bits per heavy atom. The van der Waals surface area contributed by atoms with E-state index in [1.807, 2.05) is 0 Å². The van der Waals surface area contributed by atoms with E-state index in [9.17, 15) is 4.79 Å². The van der Waals surface area contributed by atoms with Crippen LogP contribution in [0.3, 0.4) is 0 Å². The van der Waals surface area contributed by atoms with Crippen LogP contribution in [0.25, 0.3) is 0 Å². The Labute approximate surface area is 133 Å². The highest BCUT2D eigenvalue weighted by molar-refractivity contribution is 5.73. The van der Waals surface area contributed by atoms with Gasteiger partial charge in [0.1, 0.15) is 11.8 Å². The lowest BCUT2D eigenvalue weighted by atomic mass is 10.1. The summed E-state index contributed by atoms with van der Waals surface area (Å²) in [6.45, 7) is 12.4. The molecule has 0 radical (unpaired) electrons. The van der Waals surface area contributed by atoms with E-state index in [4.69, 9.17) is 20.7 Å². The van der Waals surface area contributed by atoms with Crippen LogP contribution in [0.1, 0.15) is 47.1 Å². The van der Waals surface area contributed by atoms with E-state index in [0.717, 1.165) is 5.56 Å². The summed E-state index contributed by atoms with van der Waals surface area (Å²) < 4.78 is 5.62. The zero-order valence-corrected chi connectivity index (χ0v) is 14.4. The minimum atomic E-state index is -1.02. The Hall–Kier alpha value is -1.59. The summed E-state index contributed by atoms with van der Waals surface area (Å²) in [6, 6.07) is 5.42. The van der Waals surface area contributed by atoms with Crippen LogP contribution in [-0.2, 0) is 16.0 Å². The van der Waals surface area contributed by atoms with E-state index >= 15 is 0 Å². The molecule has 1 rings (SSSR count). The first-order valence-electron chi connectivity index (χ1n) is 7.26. The van der Waals surface area contributed by atoms with E-state index in [2.05, 4.69) is 41.5 Å². The number of carbonyl (C=O) groups is 1. The lowest BCUT2D eigenvalue weighted by Gasteiger charge is -2.30. The van der Waals surface area contributed by atoms with Gasteiger partial charge in [-0.15, -0.1) is 0 Å². The highest BCUT2D eigenvalue weighted by atomic mass is 16.5. The zero-order chi connectivity index (χ0) is 17.6. The van der Waals surface area contributed by atoms with Gasteiger partial charge in [0.25, 0.3) is 0 Å². The number of carboxylic acid groups (broad SMARTS) is 1. The van der Waals surface area contributed by atoms with Gasteiger partial charge < -0.3 is 20.7 Å². The number of aromatic hydroxyl groups is 1. The number of nitrogens with two attached hydrogens (primary N) is 1. The number of carboxylic acids is 1. The monoisotopic (exact) mass is 311 g/mol. The minimum Gasteiger partial charge on any atom is -0.508 e. The van der Waals surface area contributed by atoms with E-state index in [0.29, 0.717) is 0 Å². The van der Waals surface area contributed by atoms with Gasteiger partial charge in [-0.3, -0.25) is 4.79 Å². The molecule has 0 saturated heterocycles. The average molecular weight is 311 g/mol. The molecule has 0 heterocycles. The molecule has 22 heavy (non-hydrogen) atoms. The van der Waals surface area contributed by atoms with Gasteiger partial charge >= 0.3 is 5.97 Å². The maximum Gasteiger partial charge on any atom is 0.320 e. The Kier molecular flexibility index (Phi) is 7.56.